The number of likely N-dealkylation sites (tertiary alicyclic amines) is 1. The molecular formula is C68H97N7O16. The highest BCUT2D eigenvalue weighted by atomic mass is 16.4. The average molecular weight is 1270 g/mol. The van der Waals surface area contributed by atoms with Gasteiger partial charge < -0.3 is 35.6 Å². The number of hydrogen-bond acceptors (Lipinski definition) is 17. The summed E-state index contributed by atoms with van der Waals surface area (Å²) >= 11 is 0. The van der Waals surface area contributed by atoms with Crippen LogP contribution in [-0.2, 0) is 70.4 Å². The predicted octanol–water partition coefficient (Wildman–Crippen LogP) is 4.68. The van der Waals surface area contributed by atoms with Gasteiger partial charge in [0.2, 0.25) is 11.8 Å². The summed E-state index contributed by atoms with van der Waals surface area (Å²) < 4.78 is 0. The van der Waals surface area contributed by atoms with E-state index in [1.807, 2.05) is 52.0 Å². The van der Waals surface area contributed by atoms with Gasteiger partial charge in [-0.2, -0.15) is 0 Å². The van der Waals surface area contributed by atoms with Crippen molar-refractivity contribution in [2.24, 2.45) is 47.3 Å². The van der Waals surface area contributed by atoms with E-state index in [0.717, 1.165) is 22.0 Å². The number of aromatic amines is 1. The van der Waals surface area contributed by atoms with Gasteiger partial charge in [0.05, 0.1) is 45.4 Å². The molecular weight excluding hydrogens is 1170 g/mol. The standard InChI is InChI=1S/C68H97N7O16/c1-7-45(4)56(68(91)75-19-13-18-58(75)63(83)33-49(47(6)77)28-44(2)3)36-62(82)53(43-76)35-61(81)50(30-48-14-9-8-10-15-48)34-59(79)46(5)29-60(80)51(31-52-37-69-57-17-12-11-16-55(52)57)32-54(78)38-70-64(84)39-71-20-22-72(40-65(85)86)24-26-74(42-67(89)90)27-25-73(23-21-71)41-66(87)88/h8-12,14-17,37,44-46,49-51,53,56,58,69,76H,7,13,18-36,38-43H2,1-6H3,(H,70,84)(H,85,86)(H,87,88)(H,89,90). The van der Waals surface area contributed by atoms with Crippen molar-refractivity contribution in [3.63, 3.8) is 0 Å². The smallest absolute Gasteiger partial charge is 0.317 e. The first-order valence-electron chi connectivity index (χ1n) is 32.2. The number of H-pyrrole nitrogens is 1. The molecule has 3 heterocycles. The molecule has 23 heteroatoms. The lowest BCUT2D eigenvalue weighted by atomic mass is 9.79. The number of nitrogens with zero attached hydrogens (tertiary/aromatic N) is 5. The lowest BCUT2D eigenvalue weighted by Gasteiger charge is -2.32. The van der Waals surface area contributed by atoms with Crippen molar-refractivity contribution in [1.29, 1.82) is 0 Å². The summed E-state index contributed by atoms with van der Waals surface area (Å²) in [5, 5.41) is 43.0. The van der Waals surface area contributed by atoms with E-state index >= 15 is 0 Å². The summed E-state index contributed by atoms with van der Waals surface area (Å²) in [6, 6.07) is 15.7. The molecule has 2 saturated heterocycles. The van der Waals surface area contributed by atoms with Crippen molar-refractivity contribution in [2.75, 3.05) is 98.2 Å². The molecule has 2 aliphatic rings. The fourth-order valence-electron chi connectivity index (χ4n) is 12.5. The normalized spacial score (nSPS) is 18.2. The number of aromatic nitrogens is 1. The highest BCUT2D eigenvalue weighted by Crippen LogP contribution is 2.32. The molecule has 2 amide bonds. The van der Waals surface area contributed by atoms with Crippen molar-refractivity contribution in [3.05, 3.63) is 71.9 Å². The van der Waals surface area contributed by atoms with Gasteiger partial charge in [-0.25, -0.2) is 0 Å². The van der Waals surface area contributed by atoms with Gasteiger partial charge in [0.1, 0.15) is 28.9 Å². The second-order valence-electron chi connectivity index (χ2n) is 25.7. The first-order valence-corrected chi connectivity index (χ1v) is 32.2. The Labute approximate surface area is 534 Å². The molecule has 0 spiro atoms. The van der Waals surface area contributed by atoms with E-state index in [-0.39, 0.29) is 153 Å². The van der Waals surface area contributed by atoms with Gasteiger partial charge in [0.25, 0.3) is 0 Å². The Hall–Kier alpha value is -7.18. The van der Waals surface area contributed by atoms with Crippen LogP contribution in [0.3, 0.4) is 0 Å². The Morgan fingerprint density at radius 3 is 1.64 bits per heavy atom. The van der Waals surface area contributed by atoms with E-state index in [4.69, 9.17) is 0 Å². The third-order valence-electron chi connectivity index (χ3n) is 18.1. The van der Waals surface area contributed by atoms with Crippen molar-refractivity contribution in [2.45, 2.75) is 125 Å². The Morgan fingerprint density at radius 2 is 1.10 bits per heavy atom. The summed E-state index contributed by atoms with van der Waals surface area (Å²) in [6.07, 6.45) is 2.51. The summed E-state index contributed by atoms with van der Waals surface area (Å²) in [6.45, 7) is 10.1. The van der Waals surface area contributed by atoms with Crippen LogP contribution in [-0.4, -0.2) is 224 Å². The molecule has 91 heavy (non-hydrogen) atoms. The maximum Gasteiger partial charge on any atom is 0.317 e. The number of carbonyl (C=O) groups excluding carboxylic acids is 9. The maximum absolute atomic E-state index is 14.6. The molecule has 0 aliphatic carbocycles. The zero-order chi connectivity index (χ0) is 66.9. The van der Waals surface area contributed by atoms with Crippen LogP contribution in [0.2, 0.25) is 0 Å². The zero-order valence-electron chi connectivity index (χ0n) is 54.0. The number of carboxylic acids is 3. The van der Waals surface area contributed by atoms with Gasteiger partial charge in [0, 0.05) is 150 Å². The fraction of sp³-hybridized carbons (Fsp3) is 0.618. The second kappa shape index (κ2) is 37.4. The number of ketones is 7. The number of benzene rings is 2. The van der Waals surface area contributed by atoms with Crippen LogP contribution in [0.5, 0.6) is 0 Å². The fourth-order valence-corrected chi connectivity index (χ4v) is 12.5. The van der Waals surface area contributed by atoms with Gasteiger partial charge in [-0.1, -0.05) is 89.6 Å². The molecule has 1 aromatic heterocycles. The second-order valence-corrected chi connectivity index (χ2v) is 25.7. The monoisotopic (exact) mass is 1270 g/mol. The maximum atomic E-state index is 14.6. The number of para-hydroxylation sites is 1. The Kier molecular flexibility index (Phi) is 30.6. The topological polar surface area (TPSA) is 330 Å². The molecule has 8 unspecified atom stereocenters. The highest BCUT2D eigenvalue weighted by molar-refractivity contribution is 5.98. The Morgan fingerprint density at radius 1 is 0.582 bits per heavy atom. The molecule has 5 rings (SSSR count). The van der Waals surface area contributed by atoms with Gasteiger partial charge in [-0.3, -0.25) is 77.1 Å². The average Bonchev–Trinajstić information content (AvgIpc) is 1.85. The molecule has 2 aliphatic heterocycles. The van der Waals surface area contributed by atoms with Crippen molar-refractivity contribution < 1.29 is 78.0 Å². The predicted molar refractivity (Wildman–Crippen MR) is 340 cm³/mol. The quantitative estimate of drug-likeness (QED) is 0.0453. The van der Waals surface area contributed by atoms with E-state index in [1.165, 1.54) is 6.92 Å². The van der Waals surface area contributed by atoms with Crippen molar-refractivity contribution in [1.82, 2.24) is 34.8 Å². The van der Waals surface area contributed by atoms with E-state index in [0.29, 0.717) is 32.2 Å². The summed E-state index contributed by atoms with van der Waals surface area (Å²) in [5.74, 6) is -12.2. The number of carboxylic acid groups (broad SMARTS) is 3. The molecule has 0 saturated carbocycles. The number of hydrogen-bond donors (Lipinski definition) is 6. The Balaban J connectivity index is 1.27. The minimum absolute atomic E-state index is 0.0236. The van der Waals surface area contributed by atoms with Crippen LogP contribution >= 0.6 is 0 Å². The van der Waals surface area contributed by atoms with Crippen LogP contribution in [0.15, 0.2) is 60.8 Å². The summed E-state index contributed by atoms with van der Waals surface area (Å²) in [5.41, 5.74) is 2.28. The number of amides is 2. The molecule has 2 fully saturated rings. The summed E-state index contributed by atoms with van der Waals surface area (Å²) in [7, 11) is 0. The lowest BCUT2D eigenvalue weighted by molar-refractivity contribution is -0.145. The van der Waals surface area contributed by atoms with Crippen LogP contribution < -0.4 is 5.32 Å². The largest absolute Gasteiger partial charge is 0.480 e. The number of rotatable bonds is 38. The van der Waals surface area contributed by atoms with Gasteiger partial charge in [-0.15, -0.1) is 0 Å². The number of Topliss-reactive ketones (excluding diaryl/α,β-unsaturated/α-hetero) is 7. The van der Waals surface area contributed by atoms with Crippen LogP contribution in [0.4, 0.5) is 0 Å². The molecule has 0 bridgehead atoms. The third kappa shape index (κ3) is 24.8. The molecule has 6 N–H and O–H groups in total. The van der Waals surface area contributed by atoms with Crippen molar-refractivity contribution >= 4 is 81.1 Å². The van der Waals surface area contributed by atoms with Crippen LogP contribution in [0.25, 0.3) is 10.9 Å². The number of aliphatic carboxylic acids is 3. The molecule has 3 aromatic rings. The first kappa shape index (κ1) is 74.5. The Bertz CT molecular complexity index is 2950. The van der Waals surface area contributed by atoms with E-state index < -0.39 is 114 Å². The number of carbonyl (C=O) groups is 12. The zero-order valence-corrected chi connectivity index (χ0v) is 54.0. The SMILES string of the molecule is CCC(C)C(CC(=O)C(CO)CC(=O)C(CC(=O)C(C)CC(=O)C(CC(=O)CNC(=O)CN1CCN(CC(=O)O)CCN(CC(=O)O)CCN(CC(=O)O)CC1)Cc1c[nH]c2ccccc12)Cc1ccccc1)C(=O)N1CCCC1C(=O)CC(CC(C)C)C(C)=O. The van der Waals surface area contributed by atoms with Gasteiger partial charge >= 0.3 is 17.9 Å². The van der Waals surface area contributed by atoms with Crippen molar-refractivity contribution in [3.8, 4) is 0 Å². The van der Waals surface area contributed by atoms with E-state index in [1.54, 1.807) is 68.0 Å². The van der Waals surface area contributed by atoms with E-state index in [2.05, 4.69) is 10.3 Å². The molecule has 23 nitrogen and oxygen atoms in total. The number of aliphatic hydroxyl groups is 1. The van der Waals surface area contributed by atoms with Gasteiger partial charge in [0.15, 0.2) is 11.6 Å². The molecule has 0 radical (unpaired) electrons. The van der Waals surface area contributed by atoms with Crippen LogP contribution in [0, 0.1) is 47.3 Å². The molecule has 2 aromatic carbocycles. The summed E-state index contributed by atoms with van der Waals surface area (Å²) in [4.78, 5) is 173. The van der Waals surface area contributed by atoms with E-state index in [9.17, 15) is 78.0 Å². The molecule has 8 atom stereocenters. The molecule has 500 valence electrons. The first-order chi connectivity index (χ1) is 43.2. The minimum atomic E-state index is -1.20. The number of nitrogens with one attached hydrogen (secondary N) is 2. The van der Waals surface area contributed by atoms with Gasteiger partial charge in [-0.05, 0) is 68.1 Å². The number of fused-ring (bicyclic) bond motifs is 1. The third-order valence-corrected chi connectivity index (χ3v) is 18.1. The minimum Gasteiger partial charge on any atom is -0.480 e. The van der Waals surface area contributed by atoms with Crippen LogP contribution in [0.1, 0.15) is 117 Å². The highest BCUT2D eigenvalue weighted by Gasteiger charge is 2.41. The lowest BCUT2D eigenvalue weighted by Crippen LogP contribution is -2.50. The number of aliphatic hydroxyl groups excluding tert-OH is 1.